The van der Waals surface area contributed by atoms with Crippen LogP contribution in [0.2, 0.25) is 5.02 Å². The van der Waals surface area contributed by atoms with Gasteiger partial charge in [-0.2, -0.15) is 5.10 Å². The third-order valence-electron chi connectivity index (χ3n) is 4.05. The van der Waals surface area contributed by atoms with Crippen LogP contribution >= 0.6 is 11.6 Å². The van der Waals surface area contributed by atoms with Crippen molar-refractivity contribution >= 4 is 17.5 Å². The summed E-state index contributed by atoms with van der Waals surface area (Å²) in [6.07, 6.45) is 1.70. The van der Waals surface area contributed by atoms with Gasteiger partial charge in [-0.05, 0) is 48.9 Å². The lowest BCUT2D eigenvalue weighted by Gasteiger charge is -2.15. The lowest BCUT2D eigenvalue weighted by molar-refractivity contribution is 0.0746. The summed E-state index contributed by atoms with van der Waals surface area (Å²) in [5.41, 5.74) is 1.88. The zero-order valence-electron chi connectivity index (χ0n) is 14.9. The van der Waals surface area contributed by atoms with Crippen LogP contribution in [-0.2, 0) is 20.2 Å². The third-order valence-corrected chi connectivity index (χ3v) is 4.28. The summed E-state index contributed by atoms with van der Waals surface area (Å²) in [5.74, 6) is 1.39. The Bertz CT molecular complexity index is 916. The highest BCUT2D eigenvalue weighted by Gasteiger charge is 2.17. The molecule has 0 spiro atoms. The van der Waals surface area contributed by atoms with Crippen LogP contribution in [-0.4, -0.2) is 27.6 Å². The molecule has 6 nitrogen and oxygen atoms in total. The molecule has 0 saturated heterocycles. The van der Waals surface area contributed by atoms with E-state index in [0.717, 1.165) is 17.0 Å². The molecular formula is C19H20ClN3O3. The van der Waals surface area contributed by atoms with E-state index < -0.39 is 0 Å². The van der Waals surface area contributed by atoms with E-state index in [1.807, 2.05) is 32.2 Å². The smallest absolute Gasteiger partial charge is 0.289 e. The standard InChI is InChI=1S/C19H20ClN3O3/c1-13-10-14(20)4-6-17(13)25-12-16-5-7-18(26-16)19(24)22(2)11-15-8-9-21-23(15)3/h4-10H,11-12H2,1-3H3. The minimum Gasteiger partial charge on any atom is -0.485 e. The largest absolute Gasteiger partial charge is 0.485 e. The summed E-state index contributed by atoms with van der Waals surface area (Å²) in [6, 6.07) is 10.7. The van der Waals surface area contributed by atoms with Crippen LogP contribution in [0, 0.1) is 6.92 Å². The van der Waals surface area contributed by atoms with Crippen LogP contribution < -0.4 is 4.74 Å². The van der Waals surface area contributed by atoms with Crippen molar-refractivity contribution in [2.24, 2.45) is 7.05 Å². The first-order chi connectivity index (χ1) is 12.4. The number of furan rings is 1. The average Bonchev–Trinajstić information content (AvgIpc) is 3.23. The number of nitrogens with zero attached hydrogens (tertiary/aromatic N) is 3. The lowest BCUT2D eigenvalue weighted by Crippen LogP contribution is -2.26. The molecular weight excluding hydrogens is 354 g/mol. The number of carbonyl (C=O) groups is 1. The van der Waals surface area contributed by atoms with Crippen molar-refractivity contribution in [2.75, 3.05) is 7.05 Å². The van der Waals surface area contributed by atoms with E-state index in [2.05, 4.69) is 5.10 Å². The van der Waals surface area contributed by atoms with E-state index in [0.29, 0.717) is 17.3 Å². The Balaban J connectivity index is 1.61. The van der Waals surface area contributed by atoms with E-state index in [1.54, 1.807) is 41.0 Å². The van der Waals surface area contributed by atoms with E-state index in [4.69, 9.17) is 20.8 Å². The van der Waals surface area contributed by atoms with Gasteiger partial charge in [0.25, 0.3) is 5.91 Å². The first-order valence-electron chi connectivity index (χ1n) is 8.14. The van der Waals surface area contributed by atoms with Gasteiger partial charge in [0.2, 0.25) is 0 Å². The first-order valence-corrected chi connectivity index (χ1v) is 8.52. The van der Waals surface area contributed by atoms with Crippen LogP contribution in [0.3, 0.4) is 0 Å². The molecule has 0 bridgehead atoms. The van der Waals surface area contributed by atoms with Crippen molar-refractivity contribution in [3.05, 3.63) is 70.4 Å². The van der Waals surface area contributed by atoms with Crippen molar-refractivity contribution in [3.63, 3.8) is 0 Å². The Morgan fingerprint density at radius 2 is 2.12 bits per heavy atom. The fourth-order valence-corrected chi connectivity index (χ4v) is 2.78. The highest BCUT2D eigenvalue weighted by Crippen LogP contribution is 2.23. The Kier molecular flexibility index (Phi) is 5.32. The Labute approximate surface area is 156 Å². The SMILES string of the molecule is Cc1cc(Cl)ccc1OCc1ccc(C(=O)N(C)Cc2ccnn2C)o1. The first kappa shape index (κ1) is 18.1. The van der Waals surface area contributed by atoms with Crippen molar-refractivity contribution in [1.82, 2.24) is 14.7 Å². The van der Waals surface area contributed by atoms with Gasteiger partial charge in [-0.25, -0.2) is 0 Å². The van der Waals surface area contributed by atoms with Gasteiger partial charge in [0.15, 0.2) is 5.76 Å². The van der Waals surface area contributed by atoms with Crippen LogP contribution in [0.4, 0.5) is 0 Å². The fraction of sp³-hybridized carbons (Fsp3) is 0.263. The lowest BCUT2D eigenvalue weighted by atomic mass is 10.2. The predicted molar refractivity (Wildman–Crippen MR) is 98.2 cm³/mol. The zero-order valence-corrected chi connectivity index (χ0v) is 15.7. The molecule has 0 fully saturated rings. The molecule has 26 heavy (non-hydrogen) atoms. The summed E-state index contributed by atoms with van der Waals surface area (Å²) in [6.45, 7) is 2.61. The maximum atomic E-state index is 12.5. The molecule has 2 heterocycles. The molecule has 3 aromatic rings. The van der Waals surface area contributed by atoms with Crippen LogP contribution in [0.1, 0.15) is 27.6 Å². The van der Waals surface area contributed by atoms with Gasteiger partial charge in [0.05, 0.1) is 12.2 Å². The van der Waals surface area contributed by atoms with Gasteiger partial charge in [-0.15, -0.1) is 0 Å². The molecule has 3 rings (SSSR count). The number of halogens is 1. The maximum Gasteiger partial charge on any atom is 0.289 e. The Hall–Kier alpha value is -2.73. The number of benzene rings is 1. The molecule has 0 aliphatic carbocycles. The summed E-state index contributed by atoms with van der Waals surface area (Å²) >= 11 is 5.94. The van der Waals surface area contributed by atoms with E-state index in [1.165, 1.54) is 0 Å². The number of hydrogen-bond acceptors (Lipinski definition) is 4. The molecule has 0 unspecified atom stereocenters. The summed E-state index contributed by atoms with van der Waals surface area (Å²) in [7, 11) is 3.57. The molecule has 2 aromatic heterocycles. The van der Waals surface area contributed by atoms with Crippen molar-refractivity contribution in [2.45, 2.75) is 20.1 Å². The number of carbonyl (C=O) groups excluding carboxylic acids is 1. The van der Waals surface area contributed by atoms with Crippen molar-refractivity contribution in [1.29, 1.82) is 0 Å². The Morgan fingerprint density at radius 3 is 2.81 bits per heavy atom. The molecule has 0 aliphatic heterocycles. The van der Waals surface area contributed by atoms with Crippen LogP contribution in [0.5, 0.6) is 5.75 Å². The summed E-state index contributed by atoms with van der Waals surface area (Å²) in [5, 5.41) is 4.77. The fourth-order valence-electron chi connectivity index (χ4n) is 2.55. The number of ether oxygens (including phenoxy) is 1. The zero-order chi connectivity index (χ0) is 18.7. The molecule has 0 N–H and O–H groups in total. The highest BCUT2D eigenvalue weighted by atomic mass is 35.5. The van der Waals surface area contributed by atoms with Gasteiger partial charge >= 0.3 is 0 Å². The monoisotopic (exact) mass is 373 g/mol. The molecule has 7 heteroatoms. The van der Waals surface area contributed by atoms with Gasteiger partial charge in [-0.3, -0.25) is 9.48 Å². The van der Waals surface area contributed by atoms with E-state index in [9.17, 15) is 4.79 Å². The second kappa shape index (κ2) is 7.66. The predicted octanol–water partition coefficient (Wildman–Crippen LogP) is 3.83. The number of rotatable bonds is 6. The molecule has 0 radical (unpaired) electrons. The highest BCUT2D eigenvalue weighted by molar-refractivity contribution is 6.30. The number of aromatic nitrogens is 2. The second-order valence-electron chi connectivity index (χ2n) is 6.07. The Morgan fingerprint density at radius 1 is 1.31 bits per heavy atom. The molecule has 1 amide bonds. The summed E-state index contributed by atoms with van der Waals surface area (Å²) < 4.78 is 13.1. The summed E-state index contributed by atoms with van der Waals surface area (Å²) in [4.78, 5) is 14.1. The van der Waals surface area contributed by atoms with Crippen LogP contribution in [0.25, 0.3) is 0 Å². The second-order valence-corrected chi connectivity index (χ2v) is 6.51. The topological polar surface area (TPSA) is 60.5 Å². The van der Waals surface area contributed by atoms with Gasteiger partial charge in [0.1, 0.15) is 18.1 Å². The van der Waals surface area contributed by atoms with Gasteiger partial charge < -0.3 is 14.1 Å². The number of hydrogen-bond donors (Lipinski definition) is 0. The molecule has 136 valence electrons. The normalized spacial score (nSPS) is 10.8. The van der Waals surface area contributed by atoms with Crippen molar-refractivity contribution < 1.29 is 13.9 Å². The average molecular weight is 374 g/mol. The molecule has 0 aliphatic rings. The van der Waals surface area contributed by atoms with Gasteiger partial charge in [0, 0.05) is 25.3 Å². The number of aryl methyl sites for hydroxylation is 2. The molecule has 0 saturated carbocycles. The minimum atomic E-state index is -0.194. The van der Waals surface area contributed by atoms with Crippen molar-refractivity contribution in [3.8, 4) is 5.75 Å². The minimum absolute atomic E-state index is 0.194. The quantitative estimate of drug-likeness (QED) is 0.659. The molecule has 1 aromatic carbocycles. The van der Waals surface area contributed by atoms with Gasteiger partial charge in [-0.1, -0.05) is 11.6 Å². The number of amides is 1. The van der Waals surface area contributed by atoms with Crippen LogP contribution in [0.15, 0.2) is 47.0 Å². The molecule has 0 atom stereocenters. The maximum absolute atomic E-state index is 12.5. The van der Waals surface area contributed by atoms with E-state index >= 15 is 0 Å². The third kappa shape index (κ3) is 4.08. The van der Waals surface area contributed by atoms with E-state index in [-0.39, 0.29) is 18.3 Å².